The van der Waals surface area contributed by atoms with E-state index in [-0.39, 0.29) is 0 Å². The van der Waals surface area contributed by atoms with Crippen molar-refractivity contribution in [2.75, 3.05) is 0 Å². The summed E-state index contributed by atoms with van der Waals surface area (Å²) >= 11 is 2.07. The van der Waals surface area contributed by atoms with Crippen LogP contribution in [0.15, 0.2) is 12.2 Å². The quantitative estimate of drug-likeness (QED) is 0.575. The maximum absolute atomic E-state index is 4.18. The summed E-state index contributed by atoms with van der Waals surface area (Å²) in [5.41, 5.74) is 1.40. The molecule has 1 heteroatoms. The maximum Gasteiger partial charge on any atom is 0.00268 e. The lowest BCUT2D eigenvalue weighted by Gasteiger charge is -2.22. The molecule has 0 bridgehead atoms. The van der Waals surface area contributed by atoms with Gasteiger partial charge in [-0.25, -0.2) is 0 Å². The van der Waals surface area contributed by atoms with E-state index in [1.54, 1.807) is 0 Å². The molecule has 0 aromatic carbocycles. The van der Waals surface area contributed by atoms with E-state index in [0.29, 0.717) is 11.8 Å². The lowest BCUT2D eigenvalue weighted by Crippen LogP contribution is -2.11. The van der Waals surface area contributed by atoms with Crippen LogP contribution in [0.2, 0.25) is 0 Å². The normalized spacial score (nSPS) is 16.0. The summed E-state index contributed by atoms with van der Waals surface area (Å²) in [4.78, 5) is 0. The molecule has 0 rings (SSSR count). The zero-order valence-corrected chi connectivity index (χ0v) is 11.4. The Balaban J connectivity index is 3.93. The first kappa shape index (κ1) is 14.1. The lowest BCUT2D eigenvalue weighted by molar-refractivity contribution is 0.546. The van der Waals surface area contributed by atoms with Crippen LogP contribution in [0.5, 0.6) is 0 Å². The molecule has 0 N–H and O–H groups in total. The highest BCUT2D eigenvalue weighted by Crippen LogP contribution is 2.28. The average molecular weight is 214 g/mol. The monoisotopic (exact) mass is 214 g/mol. The number of rotatable bonds is 6. The molecule has 0 fully saturated rings. The van der Waals surface area contributed by atoms with Gasteiger partial charge in [0.15, 0.2) is 0 Å². The van der Waals surface area contributed by atoms with Crippen molar-refractivity contribution in [2.45, 2.75) is 58.5 Å². The summed E-state index contributed by atoms with van der Waals surface area (Å²) in [7, 11) is 0. The third-order valence-electron chi connectivity index (χ3n) is 2.56. The van der Waals surface area contributed by atoms with Crippen molar-refractivity contribution < 1.29 is 0 Å². The van der Waals surface area contributed by atoms with Crippen molar-refractivity contribution in [1.82, 2.24) is 0 Å². The molecule has 0 saturated carbocycles. The molecule has 14 heavy (non-hydrogen) atoms. The summed E-state index contributed by atoms with van der Waals surface area (Å²) in [6.45, 7) is 17.8. The fraction of sp³-hybridized carbons (Fsp3) is 0.846. The Morgan fingerprint density at radius 1 is 1.07 bits per heavy atom. The lowest BCUT2D eigenvalue weighted by atomic mass is 9.90. The van der Waals surface area contributed by atoms with Crippen molar-refractivity contribution in [2.24, 2.45) is 11.8 Å². The zero-order chi connectivity index (χ0) is 11.3. The molecule has 0 aliphatic rings. The van der Waals surface area contributed by atoms with Gasteiger partial charge in [0.2, 0.25) is 0 Å². The molecular formula is C13H26S. The van der Waals surface area contributed by atoms with Crippen LogP contribution in [-0.2, 0) is 0 Å². The average Bonchev–Trinajstić information content (AvgIpc) is 2.00. The molecule has 0 aromatic heterocycles. The molecule has 0 aliphatic carbocycles. The van der Waals surface area contributed by atoms with E-state index < -0.39 is 0 Å². The van der Waals surface area contributed by atoms with Crippen molar-refractivity contribution >= 4 is 11.8 Å². The van der Waals surface area contributed by atoms with E-state index >= 15 is 0 Å². The van der Waals surface area contributed by atoms with Gasteiger partial charge in [-0.05, 0) is 23.5 Å². The molecule has 0 saturated heterocycles. The minimum atomic E-state index is 0.626. The highest BCUT2D eigenvalue weighted by molar-refractivity contribution is 8.00. The number of thioether (sulfide) groups is 1. The fourth-order valence-electron chi connectivity index (χ4n) is 1.74. The third-order valence-corrected chi connectivity index (χ3v) is 3.77. The van der Waals surface area contributed by atoms with E-state index in [2.05, 4.69) is 59.9 Å². The SMILES string of the molecule is C=C(C(C)C)C(C)CC(C)SC(C)C. The Hall–Kier alpha value is 0.0900. The van der Waals surface area contributed by atoms with Crippen molar-refractivity contribution in [1.29, 1.82) is 0 Å². The van der Waals surface area contributed by atoms with E-state index in [1.807, 2.05) is 0 Å². The van der Waals surface area contributed by atoms with Gasteiger partial charge in [0.1, 0.15) is 0 Å². The van der Waals surface area contributed by atoms with E-state index in [1.165, 1.54) is 12.0 Å². The van der Waals surface area contributed by atoms with Gasteiger partial charge in [0, 0.05) is 5.25 Å². The number of hydrogen-bond donors (Lipinski definition) is 0. The first-order valence-electron chi connectivity index (χ1n) is 5.68. The second kappa shape index (κ2) is 6.55. The Kier molecular flexibility index (Phi) is 6.59. The maximum atomic E-state index is 4.18. The summed E-state index contributed by atoms with van der Waals surface area (Å²) < 4.78 is 0. The van der Waals surface area contributed by atoms with Gasteiger partial charge in [-0.1, -0.05) is 53.7 Å². The van der Waals surface area contributed by atoms with Gasteiger partial charge in [0.05, 0.1) is 0 Å². The van der Waals surface area contributed by atoms with Crippen LogP contribution in [-0.4, -0.2) is 10.5 Å². The van der Waals surface area contributed by atoms with Crippen molar-refractivity contribution in [3.8, 4) is 0 Å². The van der Waals surface area contributed by atoms with E-state index in [4.69, 9.17) is 0 Å². The van der Waals surface area contributed by atoms with Crippen molar-refractivity contribution in [3.63, 3.8) is 0 Å². The van der Waals surface area contributed by atoms with Crippen LogP contribution in [0.3, 0.4) is 0 Å². The van der Waals surface area contributed by atoms with Crippen LogP contribution in [0.4, 0.5) is 0 Å². The first-order chi connectivity index (χ1) is 6.34. The third kappa shape index (κ3) is 5.74. The van der Waals surface area contributed by atoms with Crippen LogP contribution < -0.4 is 0 Å². The molecule has 0 spiro atoms. The van der Waals surface area contributed by atoms with Crippen molar-refractivity contribution in [3.05, 3.63) is 12.2 Å². The van der Waals surface area contributed by atoms with Crippen LogP contribution >= 0.6 is 11.8 Å². The predicted octanol–water partition coefficient (Wildman–Crippen LogP) is 4.75. The standard InChI is InChI=1S/C13H26S/c1-9(2)13(7)11(5)8-12(6)14-10(3)4/h9-12H,7-8H2,1-6H3. The Morgan fingerprint density at radius 3 is 1.93 bits per heavy atom. The molecule has 2 unspecified atom stereocenters. The summed E-state index contributed by atoms with van der Waals surface area (Å²) in [5.74, 6) is 1.29. The zero-order valence-electron chi connectivity index (χ0n) is 10.6. The van der Waals surface area contributed by atoms with Gasteiger partial charge < -0.3 is 0 Å². The smallest absolute Gasteiger partial charge is 0.00268 e. The van der Waals surface area contributed by atoms with Gasteiger partial charge in [-0.3, -0.25) is 0 Å². The molecular weight excluding hydrogens is 188 g/mol. The second-order valence-electron chi connectivity index (χ2n) is 4.86. The summed E-state index contributed by atoms with van der Waals surface area (Å²) in [5, 5.41) is 1.49. The molecule has 0 heterocycles. The minimum absolute atomic E-state index is 0.626. The minimum Gasteiger partial charge on any atom is -0.156 e. The highest BCUT2D eigenvalue weighted by Gasteiger charge is 2.14. The summed E-state index contributed by atoms with van der Waals surface area (Å²) in [6, 6.07) is 0. The highest BCUT2D eigenvalue weighted by atomic mass is 32.2. The second-order valence-corrected chi connectivity index (χ2v) is 6.88. The van der Waals surface area contributed by atoms with Crippen LogP contribution in [0, 0.1) is 11.8 Å². The largest absolute Gasteiger partial charge is 0.156 e. The topological polar surface area (TPSA) is 0 Å². The molecule has 0 aliphatic heterocycles. The predicted molar refractivity (Wildman–Crippen MR) is 69.9 cm³/mol. The molecule has 0 aromatic rings. The van der Waals surface area contributed by atoms with Gasteiger partial charge >= 0.3 is 0 Å². The molecule has 0 nitrogen and oxygen atoms in total. The van der Waals surface area contributed by atoms with Gasteiger partial charge in [-0.2, -0.15) is 11.8 Å². The number of allylic oxidation sites excluding steroid dienone is 1. The molecule has 84 valence electrons. The number of hydrogen-bond acceptors (Lipinski definition) is 1. The van der Waals surface area contributed by atoms with E-state index in [0.717, 1.165) is 10.5 Å². The molecule has 0 radical (unpaired) electrons. The van der Waals surface area contributed by atoms with Crippen LogP contribution in [0.1, 0.15) is 48.0 Å². The summed E-state index contributed by atoms with van der Waals surface area (Å²) in [6.07, 6.45) is 1.26. The van der Waals surface area contributed by atoms with Gasteiger partial charge in [0.25, 0.3) is 0 Å². The Labute approximate surface area is 94.6 Å². The Morgan fingerprint density at radius 2 is 1.57 bits per heavy atom. The van der Waals surface area contributed by atoms with E-state index in [9.17, 15) is 0 Å². The fourth-order valence-corrected chi connectivity index (χ4v) is 3.07. The Bertz CT molecular complexity index is 170. The first-order valence-corrected chi connectivity index (χ1v) is 6.63. The van der Waals surface area contributed by atoms with Gasteiger partial charge in [-0.15, -0.1) is 0 Å². The van der Waals surface area contributed by atoms with Crippen LogP contribution in [0.25, 0.3) is 0 Å². The molecule has 2 atom stereocenters. The molecule has 0 amide bonds.